The zero-order valence-corrected chi connectivity index (χ0v) is 5.49. The molecule has 0 spiro atoms. The van der Waals surface area contributed by atoms with E-state index in [0.29, 0.717) is 0 Å². The minimum atomic E-state index is 1.17. The molecular formula is C8H8N2. The van der Waals surface area contributed by atoms with Crippen molar-refractivity contribution in [1.82, 2.24) is 10.2 Å². The lowest BCUT2D eigenvalue weighted by molar-refractivity contribution is 0.621. The fraction of sp³-hybridized carbons (Fsp3) is 0. The van der Waals surface area contributed by atoms with Crippen LogP contribution in [0.5, 0.6) is 0 Å². The number of nitrogens with zero attached hydrogens (tertiary/aromatic N) is 1. The molecule has 0 fully saturated rings. The second kappa shape index (κ2) is 2.06. The lowest BCUT2D eigenvalue weighted by Gasteiger charge is -2.21. The lowest BCUT2D eigenvalue weighted by Crippen LogP contribution is -2.16. The highest BCUT2D eigenvalue weighted by atomic mass is 15.1. The maximum absolute atomic E-state index is 3.01. The smallest absolute Gasteiger partial charge is 0.0610 e. The van der Waals surface area contributed by atoms with E-state index in [2.05, 4.69) is 16.3 Å². The highest BCUT2D eigenvalue weighted by Crippen LogP contribution is 2.13. The van der Waals surface area contributed by atoms with Crippen LogP contribution in [-0.4, -0.2) is 4.90 Å². The number of rotatable bonds is 0. The summed E-state index contributed by atoms with van der Waals surface area (Å²) in [5, 5.41) is 3.01. The molecule has 10 heavy (non-hydrogen) atoms. The summed E-state index contributed by atoms with van der Waals surface area (Å²) in [4.78, 5) is 2.05. The van der Waals surface area contributed by atoms with Gasteiger partial charge in [0.2, 0.25) is 0 Å². The van der Waals surface area contributed by atoms with Gasteiger partial charge in [-0.1, -0.05) is 6.08 Å². The summed E-state index contributed by atoms with van der Waals surface area (Å²) in [5.74, 6) is 0. The van der Waals surface area contributed by atoms with Crippen molar-refractivity contribution in [2.45, 2.75) is 0 Å². The second-order valence-corrected chi connectivity index (χ2v) is 2.16. The Labute approximate surface area is 59.8 Å². The van der Waals surface area contributed by atoms with Crippen molar-refractivity contribution in [3.8, 4) is 0 Å². The number of nitrogens with one attached hydrogen (secondary N) is 1. The molecule has 0 saturated heterocycles. The summed E-state index contributed by atoms with van der Waals surface area (Å²) in [7, 11) is 0. The topological polar surface area (TPSA) is 15.3 Å². The molecule has 1 N–H and O–H groups in total. The lowest BCUT2D eigenvalue weighted by atomic mass is 10.3. The first-order valence-electron chi connectivity index (χ1n) is 3.23. The molecule has 2 aliphatic rings. The maximum atomic E-state index is 3.01. The largest absolute Gasteiger partial charge is 0.365 e. The van der Waals surface area contributed by atoms with E-state index in [1.54, 1.807) is 0 Å². The van der Waals surface area contributed by atoms with Crippen LogP contribution in [0.1, 0.15) is 0 Å². The molecule has 0 aromatic rings. The van der Waals surface area contributed by atoms with Crippen molar-refractivity contribution in [3.05, 3.63) is 48.7 Å². The molecule has 2 heterocycles. The number of hydrogen-bond acceptors (Lipinski definition) is 2. The van der Waals surface area contributed by atoms with Crippen LogP contribution in [0.2, 0.25) is 0 Å². The highest BCUT2D eigenvalue weighted by molar-refractivity contribution is 5.31. The third-order valence-corrected chi connectivity index (χ3v) is 1.49. The van der Waals surface area contributed by atoms with Gasteiger partial charge in [-0.2, -0.15) is 0 Å². The number of hydrogen-bond donors (Lipinski definition) is 1. The fourth-order valence-electron chi connectivity index (χ4n) is 0.984. The van der Waals surface area contributed by atoms with Gasteiger partial charge in [-0.15, -0.1) is 0 Å². The average molecular weight is 132 g/mol. The summed E-state index contributed by atoms with van der Waals surface area (Å²) in [6.07, 6.45) is 13.9. The van der Waals surface area contributed by atoms with E-state index in [1.807, 2.05) is 37.0 Å². The number of fused-ring (bicyclic) bond motifs is 1. The number of allylic oxidation sites excluding steroid dienone is 3. The molecule has 0 saturated carbocycles. The standard InChI is InChI=1S/C8H8N2/c1-2-5-10-6-4-9-7-8(10)3-1/h1-7,9H. The summed E-state index contributed by atoms with van der Waals surface area (Å²) in [6, 6.07) is 0. The van der Waals surface area contributed by atoms with Crippen molar-refractivity contribution in [3.63, 3.8) is 0 Å². The summed E-state index contributed by atoms with van der Waals surface area (Å²) >= 11 is 0. The Kier molecular flexibility index (Phi) is 1.10. The molecule has 0 radical (unpaired) electrons. The van der Waals surface area contributed by atoms with E-state index >= 15 is 0 Å². The van der Waals surface area contributed by atoms with E-state index in [9.17, 15) is 0 Å². The quantitative estimate of drug-likeness (QED) is 0.534. The summed E-state index contributed by atoms with van der Waals surface area (Å²) < 4.78 is 0. The van der Waals surface area contributed by atoms with Crippen LogP contribution in [0.25, 0.3) is 0 Å². The molecule has 0 amide bonds. The van der Waals surface area contributed by atoms with E-state index in [0.717, 1.165) is 0 Å². The first kappa shape index (κ1) is 5.35. The molecule has 0 bridgehead atoms. The Bertz CT molecular complexity index is 246. The normalized spacial score (nSPS) is 20.0. The predicted molar refractivity (Wildman–Crippen MR) is 40.5 cm³/mol. The van der Waals surface area contributed by atoms with Crippen molar-refractivity contribution >= 4 is 0 Å². The molecule has 0 aromatic carbocycles. The fourth-order valence-corrected chi connectivity index (χ4v) is 0.984. The third-order valence-electron chi connectivity index (χ3n) is 1.49. The van der Waals surface area contributed by atoms with Gasteiger partial charge in [0.25, 0.3) is 0 Å². The van der Waals surface area contributed by atoms with E-state index in [4.69, 9.17) is 0 Å². The molecule has 2 nitrogen and oxygen atoms in total. The SMILES string of the molecule is C1=CC2=CNC=CN2C=C1. The Morgan fingerprint density at radius 2 is 2.20 bits per heavy atom. The monoisotopic (exact) mass is 132 g/mol. The molecular weight excluding hydrogens is 124 g/mol. The van der Waals surface area contributed by atoms with Crippen molar-refractivity contribution < 1.29 is 0 Å². The zero-order valence-electron chi connectivity index (χ0n) is 5.49. The third kappa shape index (κ3) is 0.739. The van der Waals surface area contributed by atoms with Crippen LogP contribution in [0, 0.1) is 0 Å². The molecule has 2 aliphatic heterocycles. The maximum Gasteiger partial charge on any atom is 0.0610 e. The molecule has 0 aliphatic carbocycles. The van der Waals surface area contributed by atoms with Crippen LogP contribution in [0.15, 0.2) is 48.7 Å². The van der Waals surface area contributed by atoms with Gasteiger partial charge >= 0.3 is 0 Å². The van der Waals surface area contributed by atoms with Gasteiger partial charge < -0.3 is 10.2 Å². The minimum Gasteiger partial charge on any atom is -0.365 e. The van der Waals surface area contributed by atoms with E-state index in [-0.39, 0.29) is 0 Å². The molecule has 2 rings (SSSR count). The predicted octanol–water partition coefficient (Wildman–Crippen LogP) is 1.29. The van der Waals surface area contributed by atoms with Gasteiger partial charge in [0.05, 0.1) is 5.70 Å². The molecule has 0 unspecified atom stereocenters. The van der Waals surface area contributed by atoms with Crippen LogP contribution in [0.4, 0.5) is 0 Å². The average Bonchev–Trinajstić information content (AvgIpc) is 2.05. The van der Waals surface area contributed by atoms with Gasteiger partial charge in [-0.3, -0.25) is 0 Å². The van der Waals surface area contributed by atoms with Crippen molar-refractivity contribution in [2.75, 3.05) is 0 Å². The Morgan fingerprint density at radius 3 is 3.10 bits per heavy atom. The van der Waals surface area contributed by atoms with Crippen LogP contribution in [0.3, 0.4) is 0 Å². The van der Waals surface area contributed by atoms with Crippen LogP contribution < -0.4 is 5.32 Å². The van der Waals surface area contributed by atoms with E-state index in [1.165, 1.54) is 5.70 Å². The molecule has 0 atom stereocenters. The van der Waals surface area contributed by atoms with Crippen molar-refractivity contribution in [2.24, 2.45) is 0 Å². The first-order valence-corrected chi connectivity index (χ1v) is 3.23. The van der Waals surface area contributed by atoms with Gasteiger partial charge in [0.1, 0.15) is 0 Å². The Balaban J connectivity index is 2.33. The first-order chi connectivity index (χ1) is 4.97. The summed E-state index contributed by atoms with van der Waals surface area (Å²) in [5.41, 5.74) is 1.17. The van der Waals surface area contributed by atoms with Crippen molar-refractivity contribution in [1.29, 1.82) is 0 Å². The summed E-state index contributed by atoms with van der Waals surface area (Å²) in [6.45, 7) is 0. The Morgan fingerprint density at radius 1 is 1.20 bits per heavy atom. The minimum absolute atomic E-state index is 1.17. The molecule has 2 heteroatoms. The van der Waals surface area contributed by atoms with E-state index < -0.39 is 0 Å². The second-order valence-electron chi connectivity index (χ2n) is 2.16. The highest BCUT2D eigenvalue weighted by Gasteiger charge is 2.03. The van der Waals surface area contributed by atoms with Gasteiger partial charge in [0.15, 0.2) is 0 Å². The Hall–Kier alpha value is -1.44. The molecule has 50 valence electrons. The van der Waals surface area contributed by atoms with Gasteiger partial charge in [-0.25, -0.2) is 0 Å². The zero-order chi connectivity index (χ0) is 6.81. The van der Waals surface area contributed by atoms with Crippen LogP contribution in [-0.2, 0) is 0 Å². The van der Waals surface area contributed by atoms with Gasteiger partial charge in [-0.05, 0) is 12.2 Å². The van der Waals surface area contributed by atoms with Crippen LogP contribution >= 0.6 is 0 Å². The molecule has 0 aromatic heterocycles. The van der Waals surface area contributed by atoms with Gasteiger partial charge in [0, 0.05) is 24.8 Å².